The van der Waals surface area contributed by atoms with Crippen LogP contribution < -0.4 is 24.8 Å². The van der Waals surface area contributed by atoms with Gasteiger partial charge in [0.25, 0.3) is 0 Å². The second kappa shape index (κ2) is 10.5. The maximum absolute atomic E-state index is 9.39. The summed E-state index contributed by atoms with van der Waals surface area (Å²) in [6, 6.07) is 17.2. The molecule has 30 heavy (non-hydrogen) atoms. The number of hydrogen-bond donors (Lipinski definition) is 1. The molecule has 2 aromatic rings. The van der Waals surface area contributed by atoms with Crippen LogP contribution in [0.1, 0.15) is 46.5 Å². The third-order valence-corrected chi connectivity index (χ3v) is 11.8. The van der Waals surface area contributed by atoms with Gasteiger partial charge in [-0.1, -0.05) is 0 Å². The summed E-state index contributed by atoms with van der Waals surface area (Å²) in [5, 5.41) is 11.1. The maximum Gasteiger partial charge on any atom is -1.00 e. The minimum absolute atomic E-state index is 0. The van der Waals surface area contributed by atoms with Crippen LogP contribution in [0.15, 0.2) is 59.3 Å². The molecule has 0 aliphatic heterocycles. The van der Waals surface area contributed by atoms with Crippen LogP contribution in [0.5, 0.6) is 0 Å². The molecule has 0 bridgehead atoms. The zero-order valence-electron chi connectivity index (χ0n) is 17.9. The van der Waals surface area contributed by atoms with Crippen molar-refractivity contribution in [2.75, 3.05) is 6.61 Å². The number of rotatable bonds is 6. The predicted octanol–water partition coefficient (Wildman–Crippen LogP) is 0.435. The predicted molar refractivity (Wildman–Crippen MR) is 118 cm³/mol. The smallest absolute Gasteiger partial charge is 1.00 e. The van der Waals surface area contributed by atoms with Crippen LogP contribution in [0, 0.1) is 0 Å². The SMILES string of the molecule is CC[Si](C)(C)C1=C(c2cccc3c2[CH]([Zr+2])c2ccccc2-3)CC=C1CCCO.[Cl-].[Cl-]. The van der Waals surface area contributed by atoms with Gasteiger partial charge in [0.2, 0.25) is 0 Å². The summed E-state index contributed by atoms with van der Waals surface area (Å²) >= 11 is 1.57. The van der Waals surface area contributed by atoms with Gasteiger partial charge < -0.3 is 24.8 Å². The molecule has 0 fully saturated rings. The Hall–Kier alpha value is -0.440. The van der Waals surface area contributed by atoms with Gasteiger partial charge in [0.1, 0.15) is 0 Å². The molecular weight excluding hydrogens is 506 g/mol. The van der Waals surface area contributed by atoms with Gasteiger partial charge in [-0.25, -0.2) is 0 Å². The molecule has 0 aromatic heterocycles. The van der Waals surface area contributed by atoms with E-state index in [2.05, 4.69) is 68.6 Å². The standard InChI is InChI=1S/C25H29OSi.2ClH.Zr/c1-4-27(2,3)25-18(10-8-16-26)14-15-23(25)22-13-7-12-21-20-11-6-5-9-19(20)17-24(21)22;;;/h5-7,9,11-14,17,26H,4,8,10,15-16H2,1-3H3;2*1H;/q;;;+2/p-2. The fourth-order valence-electron chi connectivity index (χ4n) is 4.91. The van der Waals surface area contributed by atoms with E-state index in [-0.39, 0.29) is 31.4 Å². The van der Waals surface area contributed by atoms with Crippen molar-refractivity contribution < 1.29 is 54.6 Å². The summed E-state index contributed by atoms with van der Waals surface area (Å²) in [5.74, 6) is 0. The van der Waals surface area contributed by atoms with Gasteiger partial charge in [-0.05, 0) is 0 Å². The zero-order valence-corrected chi connectivity index (χ0v) is 22.9. The number of hydrogen-bond acceptors (Lipinski definition) is 1. The third kappa shape index (κ3) is 4.39. The molecule has 0 amide bonds. The zero-order chi connectivity index (χ0) is 19.9. The molecule has 1 N–H and O–H groups in total. The van der Waals surface area contributed by atoms with E-state index >= 15 is 0 Å². The molecule has 0 spiro atoms. The van der Waals surface area contributed by atoms with E-state index in [1.165, 1.54) is 33.9 Å². The number of fused-ring (bicyclic) bond motifs is 3. The van der Waals surface area contributed by atoms with E-state index in [0.29, 0.717) is 3.63 Å². The summed E-state index contributed by atoms with van der Waals surface area (Å²) in [4.78, 5) is 0. The molecular formula is C25H29Cl2OSiZr. The fraction of sp³-hybridized carbons (Fsp3) is 0.360. The third-order valence-electron chi connectivity index (χ3n) is 6.62. The van der Waals surface area contributed by atoms with E-state index in [1.54, 1.807) is 41.1 Å². The van der Waals surface area contributed by atoms with Crippen LogP contribution in [0.2, 0.25) is 19.1 Å². The van der Waals surface area contributed by atoms with Crippen molar-refractivity contribution >= 4 is 13.6 Å². The number of allylic oxidation sites excluding steroid dienone is 4. The topological polar surface area (TPSA) is 20.2 Å². The molecule has 0 radical (unpaired) electrons. The summed E-state index contributed by atoms with van der Waals surface area (Å²) in [6.45, 7) is 7.68. The minimum Gasteiger partial charge on any atom is -1.00 e. The van der Waals surface area contributed by atoms with E-state index in [4.69, 9.17) is 0 Å². The normalized spacial score (nSPS) is 17.1. The van der Waals surface area contributed by atoms with Gasteiger partial charge in [-0.3, -0.25) is 0 Å². The first-order valence-electron chi connectivity index (χ1n) is 10.5. The van der Waals surface area contributed by atoms with Gasteiger partial charge in [-0.2, -0.15) is 0 Å². The van der Waals surface area contributed by atoms with Crippen molar-refractivity contribution in [3.8, 4) is 11.1 Å². The van der Waals surface area contributed by atoms with Crippen molar-refractivity contribution in [3.63, 3.8) is 0 Å². The largest absolute Gasteiger partial charge is 1.00 e. The molecule has 157 valence electrons. The Bertz CT molecular complexity index is 981. The molecule has 5 heteroatoms. The van der Waals surface area contributed by atoms with Crippen LogP contribution in [0.4, 0.5) is 0 Å². The molecule has 1 unspecified atom stereocenters. The average molecular weight is 536 g/mol. The van der Waals surface area contributed by atoms with Crippen molar-refractivity contribution in [1.29, 1.82) is 0 Å². The Morgan fingerprint density at radius 1 is 1.00 bits per heavy atom. The molecule has 2 aliphatic carbocycles. The molecule has 1 nitrogen and oxygen atoms in total. The molecule has 2 aliphatic rings. The van der Waals surface area contributed by atoms with Crippen molar-refractivity contribution in [3.05, 3.63) is 76.0 Å². The Kier molecular flexibility index (Phi) is 8.99. The number of benzene rings is 2. The quantitative estimate of drug-likeness (QED) is 0.533. The monoisotopic (exact) mass is 533 g/mol. The van der Waals surface area contributed by atoms with Crippen LogP contribution in [-0.2, 0) is 24.7 Å². The molecule has 0 saturated carbocycles. The van der Waals surface area contributed by atoms with Crippen molar-refractivity contribution in [2.24, 2.45) is 0 Å². The molecule has 0 saturated heterocycles. The Morgan fingerprint density at radius 3 is 2.37 bits per heavy atom. The van der Waals surface area contributed by atoms with E-state index in [9.17, 15) is 5.11 Å². The molecule has 4 rings (SSSR count). The summed E-state index contributed by atoms with van der Waals surface area (Å²) in [6.07, 6.45) is 5.41. The minimum atomic E-state index is -1.50. The fourth-order valence-corrected chi connectivity index (χ4v) is 8.79. The van der Waals surface area contributed by atoms with Gasteiger partial charge >= 0.3 is 186 Å². The Morgan fingerprint density at radius 2 is 1.67 bits per heavy atom. The summed E-state index contributed by atoms with van der Waals surface area (Å²) in [5.41, 5.74) is 10.5. The maximum atomic E-state index is 9.39. The Balaban J connectivity index is 0.00000160. The second-order valence-corrected chi connectivity index (χ2v) is 15.0. The van der Waals surface area contributed by atoms with Crippen LogP contribution in [0.25, 0.3) is 16.7 Å². The average Bonchev–Trinajstić information content (AvgIpc) is 3.27. The first-order valence-corrected chi connectivity index (χ1v) is 15.1. The molecule has 0 heterocycles. The van der Waals surface area contributed by atoms with Crippen LogP contribution in [-0.4, -0.2) is 19.8 Å². The number of halogens is 2. The first kappa shape index (κ1) is 25.8. The molecule has 2 aromatic carbocycles. The van der Waals surface area contributed by atoms with Crippen molar-refractivity contribution in [1.82, 2.24) is 0 Å². The Labute approximate surface area is 209 Å². The summed E-state index contributed by atoms with van der Waals surface area (Å²) < 4.78 is 0.538. The van der Waals surface area contributed by atoms with Gasteiger partial charge in [0.15, 0.2) is 0 Å². The molecule has 1 atom stereocenters. The van der Waals surface area contributed by atoms with Gasteiger partial charge in [0, 0.05) is 0 Å². The first-order chi connectivity index (χ1) is 13.5. The van der Waals surface area contributed by atoms with Crippen LogP contribution >= 0.6 is 0 Å². The summed E-state index contributed by atoms with van der Waals surface area (Å²) in [7, 11) is -1.50. The van der Waals surface area contributed by atoms with Crippen LogP contribution in [0.3, 0.4) is 0 Å². The van der Waals surface area contributed by atoms with E-state index in [0.717, 1.165) is 19.3 Å². The van der Waals surface area contributed by atoms with E-state index in [1.807, 2.05) is 0 Å². The number of aliphatic hydroxyl groups excluding tert-OH is 1. The number of aliphatic hydroxyl groups is 1. The van der Waals surface area contributed by atoms with Gasteiger partial charge in [-0.15, -0.1) is 0 Å². The van der Waals surface area contributed by atoms with Crippen molar-refractivity contribution in [2.45, 2.75) is 49.0 Å². The van der Waals surface area contributed by atoms with Gasteiger partial charge in [0.05, 0.1) is 0 Å². The van der Waals surface area contributed by atoms with E-state index < -0.39 is 8.07 Å². The second-order valence-electron chi connectivity index (χ2n) is 8.64.